The van der Waals surface area contributed by atoms with Crippen LogP contribution in [0.4, 0.5) is 5.82 Å². The van der Waals surface area contributed by atoms with Crippen LogP contribution in [0.2, 0.25) is 0 Å². The summed E-state index contributed by atoms with van der Waals surface area (Å²) in [6.45, 7) is 0. The maximum atomic E-state index is 9.75. The predicted octanol–water partition coefficient (Wildman–Crippen LogP) is 2.41. The summed E-state index contributed by atoms with van der Waals surface area (Å²) >= 11 is 0. The molecule has 4 N–H and O–H groups in total. The van der Waals surface area contributed by atoms with Crippen LogP contribution in [0.15, 0.2) is 42.6 Å². The summed E-state index contributed by atoms with van der Waals surface area (Å²) in [7, 11) is 0. The van der Waals surface area contributed by atoms with Crippen molar-refractivity contribution in [3.05, 3.63) is 48.2 Å². The summed E-state index contributed by atoms with van der Waals surface area (Å²) in [4.78, 5) is 8.61. The third-order valence-electron chi connectivity index (χ3n) is 3.85. The Hall–Kier alpha value is -3.79. The lowest BCUT2D eigenvalue weighted by molar-refractivity contribution is 0.404. The number of nitrogens with zero attached hydrogens (tertiary/aromatic N) is 4. The SMILES string of the molecule is N#Cc1ccc2c(c1)nc(N)c1ncc(-c3ccc(O)c(O)c3)n12. The lowest BCUT2D eigenvalue weighted by Gasteiger charge is -2.09. The maximum Gasteiger partial charge on any atom is 0.180 e. The van der Waals surface area contributed by atoms with Gasteiger partial charge in [-0.25, -0.2) is 9.97 Å². The number of phenols is 2. The molecule has 0 bridgehead atoms. The van der Waals surface area contributed by atoms with Crippen LogP contribution >= 0.6 is 0 Å². The lowest BCUT2D eigenvalue weighted by atomic mass is 10.1. The van der Waals surface area contributed by atoms with Crippen molar-refractivity contribution in [1.82, 2.24) is 14.4 Å². The molecule has 116 valence electrons. The third-order valence-corrected chi connectivity index (χ3v) is 3.85. The van der Waals surface area contributed by atoms with E-state index in [2.05, 4.69) is 16.0 Å². The Labute approximate surface area is 135 Å². The molecule has 0 aliphatic heterocycles. The van der Waals surface area contributed by atoms with Gasteiger partial charge in [0, 0.05) is 5.56 Å². The standard InChI is InChI=1S/C17H11N5O2/c18-7-9-1-3-12-11(5-9)21-16(19)17-20-8-13(22(12)17)10-2-4-14(23)15(24)6-10/h1-6,8,23-24H,(H2,19,21). The van der Waals surface area contributed by atoms with Gasteiger partial charge in [0.25, 0.3) is 0 Å². The Morgan fingerprint density at radius 3 is 2.67 bits per heavy atom. The fourth-order valence-corrected chi connectivity index (χ4v) is 2.71. The van der Waals surface area contributed by atoms with Crippen LogP contribution in [0, 0.1) is 11.3 Å². The van der Waals surface area contributed by atoms with Crippen molar-refractivity contribution in [2.24, 2.45) is 0 Å². The Kier molecular flexibility index (Phi) is 2.80. The summed E-state index contributed by atoms with van der Waals surface area (Å²) in [5, 5.41) is 28.3. The van der Waals surface area contributed by atoms with Gasteiger partial charge in [0.05, 0.1) is 34.6 Å². The second kappa shape index (κ2) is 4.86. The number of benzene rings is 2. The van der Waals surface area contributed by atoms with Crippen LogP contribution in [-0.4, -0.2) is 24.6 Å². The van der Waals surface area contributed by atoms with E-state index in [1.165, 1.54) is 12.1 Å². The van der Waals surface area contributed by atoms with Gasteiger partial charge in [-0.15, -0.1) is 0 Å². The molecule has 0 saturated heterocycles. The van der Waals surface area contributed by atoms with Crippen molar-refractivity contribution >= 4 is 22.5 Å². The largest absolute Gasteiger partial charge is 0.504 e. The second-order valence-electron chi connectivity index (χ2n) is 5.32. The monoisotopic (exact) mass is 317 g/mol. The molecule has 2 aromatic carbocycles. The molecule has 2 heterocycles. The van der Waals surface area contributed by atoms with Crippen molar-refractivity contribution in [1.29, 1.82) is 5.26 Å². The van der Waals surface area contributed by atoms with Gasteiger partial charge in [-0.1, -0.05) is 0 Å². The fourth-order valence-electron chi connectivity index (χ4n) is 2.71. The van der Waals surface area contributed by atoms with Gasteiger partial charge in [0.15, 0.2) is 23.0 Å². The molecule has 7 nitrogen and oxygen atoms in total. The first-order chi connectivity index (χ1) is 11.6. The van der Waals surface area contributed by atoms with E-state index in [-0.39, 0.29) is 17.3 Å². The molecule has 0 saturated carbocycles. The molecule has 0 fully saturated rings. The topological polar surface area (TPSA) is 120 Å². The Morgan fingerprint density at radius 1 is 1.08 bits per heavy atom. The molecule has 7 heteroatoms. The molecule has 0 aliphatic rings. The number of aromatic nitrogens is 3. The van der Waals surface area contributed by atoms with Crippen LogP contribution in [0.25, 0.3) is 27.9 Å². The first-order valence-electron chi connectivity index (χ1n) is 7.07. The highest BCUT2D eigenvalue weighted by Gasteiger charge is 2.14. The summed E-state index contributed by atoms with van der Waals surface area (Å²) < 4.78 is 1.81. The average Bonchev–Trinajstić information content (AvgIpc) is 3.03. The summed E-state index contributed by atoms with van der Waals surface area (Å²) in [5.41, 5.74) is 9.61. The zero-order valence-corrected chi connectivity index (χ0v) is 12.3. The molecule has 0 radical (unpaired) electrons. The molecular formula is C17H11N5O2. The molecule has 24 heavy (non-hydrogen) atoms. The van der Waals surface area contributed by atoms with E-state index in [1.54, 1.807) is 30.5 Å². The number of anilines is 1. The quantitative estimate of drug-likeness (QED) is 0.464. The number of fused-ring (bicyclic) bond motifs is 3. The third kappa shape index (κ3) is 1.90. The number of phenolic OH excluding ortho intramolecular Hbond substituents is 2. The van der Waals surface area contributed by atoms with Gasteiger partial charge < -0.3 is 15.9 Å². The van der Waals surface area contributed by atoms with Crippen molar-refractivity contribution in [2.75, 3.05) is 5.73 Å². The van der Waals surface area contributed by atoms with Gasteiger partial charge in [-0.3, -0.25) is 4.40 Å². The van der Waals surface area contributed by atoms with Crippen LogP contribution < -0.4 is 5.73 Å². The van der Waals surface area contributed by atoms with E-state index >= 15 is 0 Å². The van der Waals surface area contributed by atoms with E-state index < -0.39 is 0 Å². The Bertz CT molecular complexity index is 1160. The highest BCUT2D eigenvalue weighted by Crippen LogP contribution is 2.33. The minimum absolute atomic E-state index is 0.197. The fraction of sp³-hybridized carbons (Fsp3) is 0. The molecule has 4 rings (SSSR count). The Morgan fingerprint density at radius 2 is 1.92 bits per heavy atom. The van der Waals surface area contributed by atoms with E-state index in [0.717, 1.165) is 5.52 Å². The number of aromatic hydroxyl groups is 2. The van der Waals surface area contributed by atoms with E-state index in [4.69, 9.17) is 11.0 Å². The van der Waals surface area contributed by atoms with Crippen LogP contribution in [-0.2, 0) is 0 Å². The Balaban J connectivity index is 2.10. The molecule has 0 aliphatic carbocycles. The van der Waals surface area contributed by atoms with E-state index in [0.29, 0.717) is 28.0 Å². The number of nitriles is 1. The first-order valence-corrected chi connectivity index (χ1v) is 7.07. The molecule has 0 atom stereocenters. The lowest BCUT2D eigenvalue weighted by Crippen LogP contribution is -2.00. The minimum Gasteiger partial charge on any atom is -0.504 e. The number of hydrogen-bond donors (Lipinski definition) is 3. The molecule has 4 aromatic rings. The van der Waals surface area contributed by atoms with E-state index in [9.17, 15) is 10.2 Å². The molecular weight excluding hydrogens is 306 g/mol. The van der Waals surface area contributed by atoms with Gasteiger partial charge in [-0.2, -0.15) is 5.26 Å². The number of nitrogen functional groups attached to an aromatic ring is 1. The first kappa shape index (κ1) is 13.8. The van der Waals surface area contributed by atoms with Crippen molar-refractivity contribution in [2.45, 2.75) is 0 Å². The number of hydrogen-bond acceptors (Lipinski definition) is 6. The predicted molar refractivity (Wildman–Crippen MR) is 88.4 cm³/mol. The van der Waals surface area contributed by atoms with Gasteiger partial charge in [0.2, 0.25) is 0 Å². The van der Waals surface area contributed by atoms with Gasteiger partial charge in [0.1, 0.15) is 0 Å². The maximum absolute atomic E-state index is 9.75. The van der Waals surface area contributed by atoms with Gasteiger partial charge in [-0.05, 0) is 36.4 Å². The highest BCUT2D eigenvalue weighted by atomic mass is 16.3. The van der Waals surface area contributed by atoms with Crippen LogP contribution in [0.1, 0.15) is 5.56 Å². The smallest absolute Gasteiger partial charge is 0.180 e. The number of rotatable bonds is 1. The molecule has 0 spiro atoms. The van der Waals surface area contributed by atoms with Crippen LogP contribution in [0.5, 0.6) is 11.5 Å². The minimum atomic E-state index is -0.222. The number of imidazole rings is 1. The summed E-state index contributed by atoms with van der Waals surface area (Å²) in [6.07, 6.45) is 1.62. The second-order valence-corrected chi connectivity index (χ2v) is 5.32. The highest BCUT2D eigenvalue weighted by molar-refractivity contribution is 5.86. The normalized spacial score (nSPS) is 11.0. The zero-order valence-electron chi connectivity index (χ0n) is 12.3. The van der Waals surface area contributed by atoms with Crippen molar-refractivity contribution < 1.29 is 10.2 Å². The molecule has 0 amide bonds. The van der Waals surface area contributed by atoms with Gasteiger partial charge >= 0.3 is 0 Å². The number of nitrogens with two attached hydrogens (primary N) is 1. The molecule has 0 unspecified atom stereocenters. The molecule has 2 aromatic heterocycles. The van der Waals surface area contributed by atoms with Crippen molar-refractivity contribution in [3.8, 4) is 28.8 Å². The van der Waals surface area contributed by atoms with Crippen molar-refractivity contribution in [3.63, 3.8) is 0 Å². The zero-order chi connectivity index (χ0) is 16.8. The summed E-state index contributed by atoms with van der Waals surface area (Å²) in [5.74, 6) is -0.176. The van der Waals surface area contributed by atoms with E-state index in [1.807, 2.05) is 4.40 Å². The summed E-state index contributed by atoms with van der Waals surface area (Å²) in [6, 6.07) is 11.7. The van der Waals surface area contributed by atoms with Crippen LogP contribution in [0.3, 0.4) is 0 Å². The average molecular weight is 317 g/mol.